The van der Waals surface area contributed by atoms with E-state index in [-0.39, 0.29) is 32.7 Å². The molecule has 0 aromatic rings. The molecule has 1 aliphatic rings. The summed E-state index contributed by atoms with van der Waals surface area (Å²) in [7, 11) is 0. The highest BCUT2D eigenvalue weighted by Crippen LogP contribution is 2.31. The van der Waals surface area contributed by atoms with E-state index in [9.17, 15) is 8.78 Å². The van der Waals surface area contributed by atoms with Crippen molar-refractivity contribution in [2.75, 3.05) is 26.3 Å². The number of aliphatic hydroxyl groups excluding tert-OH is 2. The molecule has 72 valence electrons. The molecule has 1 saturated heterocycles. The summed E-state index contributed by atoms with van der Waals surface area (Å²) in [6.45, 7) is -0.554. The van der Waals surface area contributed by atoms with Crippen LogP contribution in [0.5, 0.6) is 0 Å². The molecule has 0 amide bonds. The molecule has 0 aromatic carbocycles. The lowest BCUT2D eigenvalue weighted by atomic mass is 10.2. The van der Waals surface area contributed by atoms with Gasteiger partial charge in [-0.3, -0.25) is 4.90 Å². The van der Waals surface area contributed by atoms with E-state index in [2.05, 4.69) is 0 Å². The van der Waals surface area contributed by atoms with E-state index in [1.807, 2.05) is 0 Å². The molecule has 1 aliphatic heterocycles. The summed E-state index contributed by atoms with van der Waals surface area (Å²) < 4.78 is 25.4. The number of alkyl halides is 2. The number of aliphatic hydroxyl groups is 2. The van der Waals surface area contributed by atoms with E-state index in [4.69, 9.17) is 10.2 Å². The van der Waals surface area contributed by atoms with E-state index in [1.165, 1.54) is 4.90 Å². The molecule has 0 aromatic heterocycles. The normalized spacial score (nSPS) is 29.5. The Morgan fingerprint density at radius 2 is 2.08 bits per heavy atom. The maximum Gasteiger partial charge on any atom is 0.262 e. The van der Waals surface area contributed by atoms with Gasteiger partial charge in [-0.15, -0.1) is 0 Å². The lowest BCUT2D eigenvalue weighted by Gasteiger charge is -2.19. The van der Waals surface area contributed by atoms with Gasteiger partial charge in [0, 0.05) is 19.0 Å². The second-order valence-electron chi connectivity index (χ2n) is 3.09. The quantitative estimate of drug-likeness (QED) is 0.627. The van der Waals surface area contributed by atoms with Gasteiger partial charge in [0.05, 0.1) is 19.8 Å². The largest absolute Gasteiger partial charge is 0.395 e. The van der Waals surface area contributed by atoms with Crippen molar-refractivity contribution in [3.63, 3.8) is 0 Å². The zero-order chi connectivity index (χ0) is 9.19. The minimum absolute atomic E-state index is 0.146. The number of rotatable bonds is 3. The van der Waals surface area contributed by atoms with Crippen molar-refractivity contribution in [3.8, 4) is 0 Å². The summed E-state index contributed by atoms with van der Waals surface area (Å²) in [5.41, 5.74) is 0. The molecule has 0 aliphatic carbocycles. The van der Waals surface area contributed by atoms with Crippen molar-refractivity contribution < 1.29 is 19.0 Å². The van der Waals surface area contributed by atoms with Crippen LogP contribution in [0.3, 0.4) is 0 Å². The van der Waals surface area contributed by atoms with E-state index in [0.717, 1.165) is 0 Å². The molecule has 0 bridgehead atoms. The Balaban J connectivity index is 2.50. The fourth-order valence-electron chi connectivity index (χ4n) is 1.53. The van der Waals surface area contributed by atoms with Crippen LogP contribution in [0.15, 0.2) is 0 Å². The Hall–Kier alpha value is -0.260. The van der Waals surface area contributed by atoms with Gasteiger partial charge in [-0.05, 0) is 0 Å². The van der Waals surface area contributed by atoms with Gasteiger partial charge in [-0.25, -0.2) is 8.78 Å². The van der Waals surface area contributed by atoms with Crippen LogP contribution in [0.4, 0.5) is 8.78 Å². The van der Waals surface area contributed by atoms with Crippen molar-refractivity contribution in [1.82, 2.24) is 4.90 Å². The van der Waals surface area contributed by atoms with Crippen molar-refractivity contribution >= 4 is 0 Å². The summed E-state index contributed by atoms with van der Waals surface area (Å²) in [5.74, 6) is -2.71. The molecule has 5 heteroatoms. The lowest BCUT2D eigenvalue weighted by Crippen LogP contribution is -2.35. The molecule has 0 saturated carbocycles. The van der Waals surface area contributed by atoms with Gasteiger partial charge in [0.1, 0.15) is 0 Å². The van der Waals surface area contributed by atoms with E-state index in [1.54, 1.807) is 0 Å². The summed E-state index contributed by atoms with van der Waals surface area (Å²) in [5, 5.41) is 17.3. The van der Waals surface area contributed by atoms with Gasteiger partial charge in [0.25, 0.3) is 5.92 Å². The summed E-state index contributed by atoms with van der Waals surface area (Å²) in [4.78, 5) is 1.42. The molecule has 0 unspecified atom stereocenters. The third kappa shape index (κ3) is 2.12. The monoisotopic (exact) mass is 181 g/mol. The molecule has 1 atom stereocenters. The SMILES string of the molecule is OCCN1CC(F)(F)C[C@@H]1CO. The first kappa shape index (κ1) is 9.83. The average Bonchev–Trinajstić information content (AvgIpc) is 2.26. The van der Waals surface area contributed by atoms with Crippen molar-refractivity contribution in [3.05, 3.63) is 0 Å². The van der Waals surface area contributed by atoms with Crippen LogP contribution in [0.1, 0.15) is 6.42 Å². The van der Waals surface area contributed by atoms with Crippen LogP contribution in [-0.2, 0) is 0 Å². The van der Waals surface area contributed by atoms with Gasteiger partial charge in [0.15, 0.2) is 0 Å². The molecule has 2 N–H and O–H groups in total. The molecular weight excluding hydrogens is 168 g/mol. The number of halogens is 2. The smallest absolute Gasteiger partial charge is 0.262 e. The third-order valence-corrected chi connectivity index (χ3v) is 2.08. The number of nitrogens with zero attached hydrogens (tertiary/aromatic N) is 1. The van der Waals surface area contributed by atoms with Gasteiger partial charge < -0.3 is 10.2 Å². The lowest BCUT2D eigenvalue weighted by molar-refractivity contribution is 0.0107. The van der Waals surface area contributed by atoms with Crippen LogP contribution in [0.2, 0.25) is 0 Å². The van der Waals surface area contributed by atoms with Crippen LogP contribution in [-0.4, -0.2) is 53.4 Å². The van der Waals surface area contributed by atoms with Crippen molar-refractivity contribution in [1.29, 1.82) is 0 Å². The topological polar surface area (TPSA) is 43.7 Å². The van der Waals surface area contributed by atoms with E-state index >= 15 is 0 Å². The van der Waals surface area contributed by atoms with Crippen molar-refractivity contribution in [2.24, 2.45) is 0 Å². The second kappa shape index (κ2) is 3.64. The summed E-state index contributed by atoms with van der Waals surface area (Å²) in [6.07, 6.45) is -0.302. The Bertz CT molecular complexity index is 154. The highest BCUT2D eigenvalue weighted by atomic mass is 19.3. The third-order valence-electron chi connectivity index (χ3n) is 2.08. The van der Waals surface area contributed by atoms with Crippen LogP contribution >= 0.6 is 0 Å². The minimum atomic E-state index is -2.71. The molecule has 12 heavy (non-hydrogen) atoms. The molecule has 1 heterocycles. The van der Waals surface area contributed by atoms with Gasteiger partial charge in [-0.2, -0.15) is 0 Å². The summed E-state index contributed by atoms with van der Waals surface area (Å²) >= 11 is 0. The first-order valence-corrected chi connectivity index (χ1v) is 3.92. The van der Waals surface area contributed by atoms with Crippen LogP contribution in [0, 0.1) is 0 Å². The molecular formula is C7H13F2NO2. The maximum atomic E-state index is 12.7. The number of β-amino-alcohol motifs (C(OH)–C–C–N with tert-alkyl or cyclic N) is 1. The number of hydrogen-bond acceptors (Lipinski definition) is 3. The first-order valence-electron chi connectivity index (χ1n) is 3.92. The van der Waals surface area contributed by atoms with Gasteiger partial charge in [-0.1, -0.05) is 0 Å². The highest BCUT2D eigenvalue weighted by Gasteiger charge is 2.44. The molecule has 1 rings (SSSR count). The first-order chi connectivity index (χ1) is 5.59. The van der Waals surface area contributed by atoms with Crippen molar-refractivity contribution in [2.45, 2.75) is 18.4 Å². The molecule has 0 radical (unpaired) electrons. The fraction of sp³-hybridized carbons (Fsp3) is 1.00. The average molecular weight is 181 g/mol. The Kier molecular flexibility index (Phi) is 2.98. The predicted octanol–water partition coefficient (Wildman–Crippen LogP) is -0.319. The number of likely N-dealkylation sites (tertiary alicyclic amines) is 1. The van der Waals surface area contributed by atoms with Crippen LogP contribution in [0.25, 0.3) is 0 Å². The zero-order valence-electron chi connectivity index (χ0n) is 6.71. The fourth-order valence-corrected chi connectivity index (χ4v) is 1.53. The van der Waals surface area contributed by atoms with Gasteiger partial charge in [0.2, 0.25) is 0 Å². The predicted molar refractivity (Wildman–Crippen MR) is 39.1 cm³/mol. The Morgan fingerprint density at radius 3 is 2.58 bits per heavy atom. The Labute approximate surface area is 69.6 Å². The molecule has 3 nitrogen and oxygen atoms in total. The molecule has 1 fully saturated rings. The highest BCUT2D eigenvalue weighted by molar-refractivity contribution is 4.89. The van der Waals surface area contributed by atoms with E-state index in [0.29, 0.717) is 0 Å². The van der Waals surface area contributed by atoms with Crippen LogP contribution < -0.4 is 0 Å². The minimum Gasteiger partial charge on any atom is -0.395 e. The molecule has 0 spiro atoms. The second-order valence-corrected chi connectivity index (χ2v) is 3.09. The van der Waals surface area contributed by atoms with Gasteiger partial charge >= 0.3 is 0 Å². The summed E-state index contributed by atoms with van der Waals surface area (Å²) in [6, 6.07) is -0.493. The standard InChI is InChI=1S/C7H13F2NO2/c8-7(9)3-6(4-12)10(5-7)1-2-11/h6,11-12H,1-5H2/t6-/m1/s1. The maximum absolute atomic E-state index is 12.7. The van der Waals surface area contributed by atoms with E-state index < -0.39 is 12.0 Å². The zero-order valence-corrected chi connectivity index (χ0v) is 6.71. The number of hydrogen-bond donors (Lipinski definition) is 2. The Morgan fingerprint density at radius 1 is 1.42 bits per heavy atom.